The van der Waals surface area contributed by atoms with E-state index in [0.29, 0.717) is 10.9 Å². The highest BCUT2D eigenvalue weighted by Gasteiger charge is 2.20. The molecular weight excluding hydrogens is 398 g/mol. The molecule has 0 aliphatic heterocycles. The van der Waals surface area contributed by atoms with Gasteiger partial charge in [-0.3, -0.25) is 10.1 Å². The number of aryl methyl sites for hydroxylation is 1. The summed E-state index contributed by atoms with van der Waals surface area (Å²) < 4.78 is 0. The molecule has 2 aliphatic carbocycles. The van der Waals surface area contributed by atoms with Gasteiger partial charge in [-0.05, 0) is 59.2 Å². The predicted octanol–water partition coefficient (Wildman–Crippen LogP) is 6.61. The molecule has 3 aromatic carbocycles. The van der Waals surface area contributed by atoms with Crippen molar-refractivity contribution in [3.63, 3.8) is 0 Å². The topological polar surface area (TPSA) is 82.0 Å². The molecule has 1 heterocycles. The van der Waals surface area contributed by atoms with E-state index in [-0.39, 0.29) is 11.5 Å². The van der Waals surface area contributed by atoms with E-state index in [4.69, 9.17) is 5.73 Å². The van der Waals surface area contributed by atoms with Gasteiger partial charge in [-0.15, -0.1) is 0 Å². The van der Waals surface area contributed by atoms with Gasteiger partial charge in [-0.2, -0.15) is 0 Å². The first kappa shape index (κ1) is 19.9. The number of nitro groups is 1. The van der Waals surface area contributed by atoms with Gasteiger partial charge in [0, 0.05) is 11.5 Å². The molecule has 6 rings (SSSR count). The van der Waals surface area contributed by atoms with Crippen LogP contribution in [-0.4, -0.2) is 9.91 Å². The van der Waals surface area contributed by atoms with E-state index in [9.17, 15) is 10.1 Å². The standard InChI is InChI=1S/C18H16.C9H7N3O2/c1-3-7-15-13(5-1)9-11-18-16-8-4-2-6-14(16)10-12-17(15)18;10-9-8(12(13)14)5-6-3-1-2-4-7(6)11-9/h1,3-5,7-9,11H,2,6,10,12H2;1-5H,(H2,10,11). The number of nitrogens with two attached hydrogens (primary N) is 1. The van der Waals surface area contributed by atoms with Crippen LogP contribution in [0.1, 0.15) is 30.4 Å². The van der Waals surface area contributed by atoms with Gasteiger partial charge >= 0.3 is 5.69 Å². The number of benzene rings is 3. The predicted molar refractivity (Wildman–Crippen MR) is 130 cm³/mol. The zero-order valence-electron chi connectivity index (χ0n) is 17.6. The summed E-state index contributed by atoms with van der Waals surface area (Å²) in [5.41, 5.74) is 12.2. The third kappa shape index (κ3) is 3.62. The number of hydrogen-bond donors (Lipinski definition) is 1. The third-order valence-electron chi connectivity index (χ3n) is 6.21. The molecule has 5 heteroatoms. The molecule has 0 saturated heterocycles. The maximum Gasteiger partial charge on any atom is 0.311 e. The van der Waals surface area contributed by atoms with Crippen molar-refractivity contribution in [3.05, 3.63) is 106 Å². The second kappa shape index (κ2) is 8.27. The lowest BCUT2D eigenvalue weighted by Crippen LogP contribution is -2.06. The number of anilines is 1. The third-order valence-corrected chi connectivity index (χ3v) is 6.21. The number of pyridine rings is 1. The molecule has 0 spiro atoms. The van der Waals surface area contributed by atoms with Crippen LogP contribution in [-0.2, 0) is 6.42 Å². The Labute approximate surface area is 186 Å². The minimum absolute atomic E-state index is 0.0475. The minimum Gasteiger partial charge on any atom is -0.378 e. The van der Waals surface area contributed by atoms with Crippen LogP contribution in [0.4, 0.5) is 11.5 Å². The highest BCUT2D eigenvalue weighted by atomic mass is 16.6. The van der Waals surface area contributed by atoms with E-state index in [1.165, 1.54) is 53.7 Å². The highest BCUT2D eigenvalue weighted by molar-refractivity contribution is 5.93. The Bertz CT molecular complexity index is 1420. The smallest absolute Gasteiger partial charge is 0.311 e. The van der Waals surface area contributed by atoms with E-state index < -0.39 is 4.92 Å². The van der Waals surface area contributed by atoms with Gasteiger partial charge in [0.25, 0.3) is 0 Å². The van der Waals surface area contributed by atoms with Crippen LogP contribution >= 0.6 is 0 Å². The molecule has 0 bridgehead atoms. The van der Waals surface area contributed by atoms with E-state index in [2.05, 4.69) is 53.5 Å². The maximum absolute atomic E-state index is 10.6. The summed E-state index contributed by atoms with van der Waals surface area (Å²) in [5, 5.41) is 14.1. The number of rotatable bonds is 1. The molecule has 0 amide bonds. The molecule has 0 saturated carbocycles. The second-order valence-electron chi connectivity index (χ2n) is 8.11. The number of para-hydroxylation sites is 1. The van der Waals surface area contributed by atoms with Gasteiger partial charge in [0.2, 0.25) is 5.82 Å². The Hall–Kier alpha value is -3.99. The molecule has 2 N–H and O–H groups in total. The molecule has 5 nitrogen and oxygen atoms in total. The van der Waals surface area contributed by atoms with Gasteiger partial charge in [-0.1, -0.05) is 72.3 Å². The van der Waals surface area contributed by atoms with Crippen LogP contribution in [0.25, 0.3) is 27.2 Å². The Balaban J connectivity index is 0.000000140. The summed E-state index contributed by atoms with van der Waals surface area (Å²) in [6.07, 6.45) is 9.61. The van der Waals surface area contributed by atoms with Crippen molar-refractivity contribution >= 4 is 38.8 Å². The average Bonchev–Trinajstić information content (AvgIpc) is 2.83. The molecule has 32 heavy (non-hydrogen) atoms. The Morgan fingerprint density at radius 1 is 0.906 bits per heavy atom. The molecule has 0 atom stereocenters. The number of fused-ring (bicyclic) bond motifs is 5. The first-order valence-corrected chi connectivity index (χ1v) is 10.8. The van der Waals surface area contributed by atoms with Gasteiger partial charge < -0.3 is 5.73 Å². The number of allylic oxidation sites excluding steroid dienone is 4. The van der Waals surface area contributed by atoms with Gasteiger partial charge in [0.15, 0.2) is 0 Å². The zero-order chi connectivity index (χ0) is 22.1. The van der Waals surface area contributed by atoms with Gasteiger partial charge in [0.05, 0.1) is 10.4 Å². The van der Waals surface area contributed by atoms with Crippen molar-refractivity contribution in [2.24, 2.45) is 0 Å². The lowest BCUT2D eigenvalue weighted by molar-refractivity contribution is -0.384. The summed E-state index contributed by atoms with van der Waals surface area (Å²) in [6, 6.07) is 21.9. The van der Waals surface area contributed by atoms with E-state index in [1.807, 2.05) is 0 Å². The van der Waals surface area contributed by atoms with Crippen LogP contribution in [0.5, 0.6) is 0 Å². The fourth-order valence-corrected chi connectivity index (χ4v) is 4.65. The largest absolute Gasteiger partial charge is 0.378 e. The number of nitrogen functional groups attached to an aromatic ring is 1. The van der Waals surface area contributed by atoms with Crippen LogP contribution in [0, 0.1) is 10.1 Å². The molecular formula is C27H23N3O2. The van der Waals surface area contributed by atoms with E-state index in [1.54, 1.807) is 35.4 Å². The van der Waals surface area contributed by atoms with Crippen LogP contribution in [0.3, 0.4) is 0 Å². The lowest BCUT2D eigenvalue weighted by atomic mass is 9.80. The van der Waals surface area contributed by atoms with Crippen molar-refractivity contribution in [1.82, 2.24) is 4.98 Å². The van der Waals surface area contributed by atoms with Crippen LogP contribution < -0.4 is 5.73 Å². The quantitative estimate of drug-likeness (QED) is 0.277. The average molecular weight is 422 g/mol. The van der Waals surface area contributed by atoms with Crippen LogP contribution in [0.2, 0.25) is 0 Å². The Kier molecular flexibility index (Phi) is 5.15. The molecule has 2 aliphatic rings. The molecule has 4 aromatic rings. The molecule has 0 radical (unpaired) electrons. The van der Waals surface area contributed by atoms with Crippen molar-refractivity contribution in [1.29, 1.82) is 0 Å². The highest BCUT2D eigenvalue weighted by Crippen LogP contribution is 2.39. The summed E-state index contributed by atoms with van der Waals surface area (Å²) >= 11 is 0. The number of nitrogens with zero attached hydrogens (tertiary/aromatic N) is 2. The molecule has 0 fully saturated rings. The Morgan fingerprint density at radius 3 is 2.53 bits per heavy atom. The molecule has 158 valence electrons. The number of hydrogen-bond acceptors (Lipinski definition) is 4. The van der Waals surface area contributed by atoms with Gasteiger partial charge in [-0.25, -0.2) is 4.98 Å². The lowest BCUT2D eigenvalue weighted by Gasteiger charge is -2.25. The Morgan fingerprint density at radius 2 is 1.69 bits per heavy atom. The van der Waals surface area contributed by atoms with Gasteiger partial charge in [0.1, 0.15) is 0 Å². The second-order valence-corrected chi connectivity index (χ2v) is 8.11. The first-order chi connectivity index (χ1) is 15.6. The van der Waals surface area contributed by atoms with Crippen molar-refractivity contribution in [2.75, 3.05) is 5.73 Å². The number of aromatic nitrogens is 1. The molecule has 1 aromatic heterocycles. The van der Waals surface area contributed by atoms with Crippen molar-refractivity contribution in [2.45, 2.75) is 25.7 Å². The van der Waals surface area contributed by atoms with Crippen molar-refractivity contribution in [3.8, 4) is 0 Å². The van der Waals surface area contributed by atoms with Crippen LogP contribution in [0.15, 0.2) is 84.5 Å². The summed E-state index contributed by atoms with van der Waals surface area (Å²) in [5.74, 6) is -0.0475. The first-order valence-electron chi connectivity index (χ1n) is 10.8. The summed E-state index contributed by atoms with van der Waals surface area (Å²) in [7, 11) is 0. The van der Waals surface area contributed by atoms with E-state index >= 15 is 0 Å². The fraction of sp³-hybridized carbons (Fsp3) is 0.148. The van der Waals surface area contributed by atoms with E-state index in [0.717, 1.165) is 0 Å². The maximum atomic E-state index is 10.6. The normalized spacial score (nSPS) is 14.5. The molecule has 0 unspecified atom stereocenters. The minimum atomic E-state index is -0.533. The monoisotopic (exact) mass is 421 g/mol. The SMILES string of the molecule is C1=CC2=C(CC1)CCc1c2ccc2ccccc12.Nc1nc2ccccc2cc1[N+](=O)[O-]. The summed E-state index contributed by atoms with van der Waals surface area (Å²) in [6.45, 7) is 0. The summed E-state index contributed by atoms with van der Waals surface area (Å²) in [4.78, 5) is 14.0. The van der Waals surface area contributed by atoms with Crippen molar-refractivity contribution < 1.29 is 4.92 Å². The zero-order valence-corrected chi connectivity index (χ0v) is 17.6. The fourth-order valence-electron chi connectivity index (χ4n) is 4.65.